The molecule has 154 valence electrons. The van der Waals surface area contributed by atoms with Crippen molar-refractivity contribution in [2.45, 2.75) is 40.8 Å². The fraction of sp³-hybridized carbons (Fsp3) is 0.412. The molecule has 0 spiro atoms. The lowest BCUT2D eigenvalue weighted by Crippen LogP contribution is -2.44. The Kier molecular flexibility index (Phi) is 6.78. The van der Waals surface area contributed by atoms with E-state index in [1.54, 1.807) is 17.5 Å². The molecule has 0 bridgehead atoms. The number of hydrogen-bond donors (Lipinski definition) is 1. The molecule has 3 rings (SSSR count). The van der Waals surface area contributed by atoms with Crippen molar-refractivity contribution in [2.24, 2.45) is 0 Å². The SMILES string of the molecule is O=S(=O)(NCCC1CCCCN1S(=O)(=O)c1cccs1)c1ccc(F)c(Cl)c1. The summed E-state index contributed by atoms with van der Waals surface area (Å²) in [4.78, 5) is -0.134. The smallest absolute Gasteiger partial charge is 0.211 e. The fourth-order valence-corrected chi connectivity index (χ4v) is 7.35. The molecule has 28 heavy (non-hydrogen) atoms. The molecule has 0 saturated carbocycles. The third-order valence-electron chi connectivity index (χ3n) is 4.60. The molecule has 0 aliphatic carbocycles. The Labute approximate surface area is 173 Å². The average Bonchev–Trinajstić information content (AvgIpc) is 3.20. The van der Waals surface area contributed by atoms with Gasteiger partial charge in [-0.25, -0.2) is 25.9 Å². The summed E-state index contributed by atoms with van der Waals surface area (Å²) in [6, 6.07) is 6.17. The number of piperidine rings is 1. The van der Waals surface area contributed by atoms with E-state index in [2.05, 4.69) is 4.72 Å². The van der Waals surface area contributed by atoms with Gasteiger partial charge in [-0.15, -0.1) is 11.3 Å². The van der Waals surface area contributed by atoms with Crippen LogP contribution in [0.5, 0.6) is 0 Å². The Morgan fingerprint density at radius 3 is 2.68 bits per heavy atom. The van der Waals surface area contributed by atoms with E-state index in [9.17, 15) is 21.2 Å². The summed E-state index contributed by atoms with van der Waals surface area (Å²) >= 11 is 6.82. The van der Waals surface area contributed by atoms with Crippen LogP contribution in [0.4, 0.5) is 4.39 Å². The molecule has 1 unspecified atom stereocenters. The number of halogens is 2. The van der Waals surface area contributed by atoms with E-state index in [0.29, 0.717) is 23.6 Å². The highest BCUT2D eigenvalue weighted by atomic mass is 35.5. The standard InChI is InChI=1S/C17H20ClFN2O4S3/c18-15-12-14(6-7-16(15)19)27(22,23)20-9-8-13-4-1-2-10-21(13)28(24,25)17-5-3-11-26-17/h3,5-7,11-13,20H,1-2,4,8-10H2. The zero-order valence-corrected chi connectivity index (χ0v) is 18.1. The average molecular weight is 467 g/mol. The molecular weight excluding hydrogens is 447 g/mol. The third kappa shape index (κ3) is 4.74. The second kappa shape index (κ2) is 8.76. The van der Waals surface area contributed by atoms with Crippen LogP contribution in [0.2, 0.25) is 5.02 Å². The zero-order valence-electron chi connectivity index (χ0n) is 14.8. The number of rotatable bonds is 7. The van der Waals surface area contributed by atoms with Gasteiger partial charge in [-0.2, -0.15) is 4.31 Å². The van der Waals surface area contributed by atoms with E-state index < -0.39 is 25.9 Å². The summed E-state index contributed by atoms with van der Waals surface area (Å²) in [5.41, 5.74) is 0. The summed E-state index contributed by atoms with van der Waals surface area (Å²) < 4.78 is 67.9. The van der Waals surface area contributed by atoms with Crippen molar-refractivity contribution in [3.05, 3.63) is 46.6 Å². The van der Waals surface area contributed by atoms with E-state index >= 15 is 0 Å². The Hall–Kier alpha value is -1.04. The van der Waals surface area contributed by atoms with E-state index in [4.69, 9.17) is 11.6 Å². The summed E-state index contributed by atoms with van der Waals surface area (Å²) in [7, 11) is -7.44. The Morgan fingerprint density at radius 1 is 1.21 bits per heavy atom. The van der Waals surface area contributed by atoms with Crippen molar-refractivity contribution in [3.63, 3.8) is 0 Å². The minimum absolute atomic E-state index is 0.0679. The van der Waals surface area contributed by atoms with Crippen LogP contribution in [0.3, 0.4) is 0 Å². The van der Waals surface area contributed by atoms with Gasteiger partial charge in [0.25, 0.3) is 10.0 Å². The van der Waals surface area contributed by atoms with Crippen LogP contribution in [0.25, 0.3) is 0 Å². The molecule has 2 aromatic rings. The molecule has 0 amide bonds. The molecule has 6 nitrogen and oxygen atoms in total. The van der Waals surface area contributed by atoms with Crippen LogP contribution < -0.4 is 4.72 Å². The number of hydrogen-bond acceptors (Lipinski definition) is 5. The van der Waals surface area contributed by atoms with Gasteiger partial charge < -0.3 is 0 Å². The lowest BCUT2D eigenvalue weighted by atomic mass is 10.0. The first-order valence-electron chi connectivity index (χ1n) is 8.72. The maximum absolute atomic E-state index is 13.2. The van der Waals surface area contributed by atoms with Crippen molar-refractivity contribution in [1.82, 2.24) is 9.03 Å². The van der Waals surface area contributed by atoms with Crippen LogP contribution >= 0.6 is 22.9 Å². The van der Waals surface area contributed by atoms with Crippen LogP contribution in [0.1, 0.15) is 25.7 Å². The first-order chi connectivity index (χ1) is 13.2. The van der Waals surface area contributed by atoms with Gasteiger partial charge in [0, 0.05) is 19.1 Å². The van der Waals surface area contributed by atoms with Gasteiger partial charge in [-0.05, 0) is 48.9 Å². The van der Waals surface area contributed by atoms with Crippen LogP contribution in [0, 0.1) is 5.82 Å². The molecular formula is C17H20ClFN2O4S3. The molecule has 1 aliphatic heterocycles. The topological polar surface area (TPSA) is 83.6 Å². The lowest BCUT2D eigenvalue weighted by molar-refractivity contribution is 0.242. The van der Waals surface area contributed by atoms with Crippen molar-refractivity contribution in [3.8, 4) is 0 Å². The van der Waals surface area contributed by atoms with Crippen molar-refractivity contribution < 1.29 is 21.2 Å². The molecule has 1 aromatic carbocycles. The van der Waals surface area contributed by atoms with Gasteiger partial charge >= 0.3 is 0 Å². The summed E-state index contributed by atoms with van der Waals surface area (Å²) in [6.45, 7) is 0.490. The van der Waals surface area contributed by atoms with Crippen LogP contribution in [-0.2, 0) is 20.0 Å². The fourth-order valence-electron chi connectivity index (χ4n) is 3.19. The van der Waals surface area contributed by atoms with Crippen LogP contribution in [0.15, 0.2) is 44.8 Å². The van der Waals surface area contributed by atoms with E-state index in [1.807, 2.05) is 0 Å². The minimum Gasteiger partial charge on any atom is -0.211 e. The van der Waals surface area contributed by atoms with Gasteiger partial charge in [0.2, 0.25) is 10.0 Å². The van der Waals surface area contributed by atoms with E-state index in [0.717, 1.165) is 31.0 Å². The summed E-state index contributed by atoms with van der Waals surface area (Å²) in [5, 5.41) is 1.44. The zero-order chi connectivity index (χ0) is 20.4. The Bertz CT molecular complexity index is 1030. The highest BCUT2D eigenvalue weighted by Crippen LogP contribution is 2.29. The number of thiophene rings is 1. The second-order valence-corrected chi connectivity index (χ2v) is 11.7. The van der Waals surface area contributed by atoms with Crippen LogP contribution in [-0.4, -0.2) is 40.3 Å². The molecule has 1 fully saturated rings. The minimum atomic E-state index is -3.86. The number of nitrogens with zero attached hydrogens (tertiary/aromatic N) is 1. The van der Waals surface area contributed by atoms with Crippen molar-refractivity contribution in [1.29, 1.82) is 0 Å². The number of sulfonamides is 2. The third-order valence-corrected chi connectivity index (χ3v) is 9.68. The molecule has 1 N–H and O–H groups in total. The summed E-state index contributed by atoms with van der Waals surface area (Å²) in [6.07, 6.45) is 2.69. The van der Waals surface area contributed by atoms with Crippen molar-refractivity contribution in [2.75, 3.05) is 13.1 Å². The molecule has 11 heteroatoms. The quantitative estimate of drug-likeness (QED) is 0.677. The molecule has 1 atom stereocenters. The Balaban J connectivity index is 1.67. The molecule has 1 aliphatic rings. The maximum Gasteiger partial charge on any atom is 0.252 e. The van der Waals surface area contributed by atoms with Gasteiger partial charge in [0.15, 0.2) is 0 Å². The molecule has 1 saturated heterocycles. The van der Waals surface area contributed by atoms with E-state index in [-0.39, 0.29) is 22.5 Å². The second-order valence-electron chi connectivity index (χ2n) is 6.46. The largest absolute Gasteiger partial charge is 0.252 e. The number of nitrogens with one attached hydrogen (secondary N) is 1. The highest BCUT2D eigenvalue weighted by molar-refractivity contribution is 7.91. The van der Waals surface area contributed by atoms with Gasteiger partial charge in [0.1, 0.15) is 10.0 Å². The predicted molar refractivity (Wildman–Crippen MR) is 107 cm³/mol. The van der Waals surface area contributed by atoms with Gasteiger partial charge in [-0.1, -0.05) is 24.1 Å². The maximum atomic E-state index is 13.2. The summed E-state index contributed by atoms with van der Waals surface area (Å²) in [5.74, 6) is -0.697. The lowest BCUT2D eigenvalue weighted by Gasteiger charge is -2.34. The molecule has 1 aromatic heterocycles. The normalized spacial score (nSPS) is 19.0. The van der Waals surface area contributed by atoms with Crippen molar-refractivity contribution >= 4 is 43.0 Å². The predicted octanol–water partition coefficient (Wildman–Crippen LogP) is 3.45. The first-order valence-corrected chi connectivity index (χ1v) is 12.9. The number of benzene rings is 1. The Morgan fingerprint density at radius 2 is 2.00 bits per heavy atom. The first kappa shape index (κ1) is 21.7. The molecule has 0 radical (unpaired) electrons. The van der Waals surface area contributed by atoms with Gasteiger partial charge in [-0.3, -0.25) is 0 Å². The monoisotopic (exact) mass is 466 g/mol. The van der Waals surface area contributed by atoms with Gasteiger partial charge in [0.05, 0.1) is 9.92 Å². The highest BCUT2D eigenvalue weighted by Gasteiger charge is 2.34. The molecule has 2 heterocycles. The van der Waals surface area contributed by atoms with E-state index in [1.165, 1.54) is 15.6 Å².